The second-order valence-corrected chi connectivity index (χ2v) is 5.15. The molecule has 0 aromatic heterocycles. The Bertz CT molecular complexity index is 450. The third kappa shape index (κ3) is 4.16. The maximum atomic E-state index is 11.7. The highest BCUT2D eigenvalue weighted by atomic mass is 127. The molecule has 0 bridgehead atoms. The third-order valence-electron chi connectivity index (χ3n) is 2.17. The first-order chi connectivity index (χ1) is 7.91. The first-order valence-electron chi connectivity index (χ1n) is 4.88. The lowest BCUT2D eigenvalue weighted by Gasteiger charge is -2.08. The van der Waals surface area contributed by atoms with Crippen LogP contribution in [-0.2, 0) is 4.79 Å². The molecule has 1 aromatic rings. The molecule has 4 nitrogen and oxygen atoms in total. The van der Waals surface area contributed by atoms with Crippen molar-refractivity contribution < 1.29 is 14.7 Å². The summed E-state index contributed by atoms with van der Waals surface area (Å²) in [5, 5.41) is 11.7. The molecular weight excluding hydrogens is 356 g/mol. The molecule has 1 aromatic carbocycles. The van der Waals surface area contributed by atoms with Gasteiger partial charge in [0.25, 0.3) is 5.91 Å². The van der Waals surface area contributed by atoms with Gasteiger partial charge >= 0.3 is 5.97 Å². The first kappa shape index (κ1) is 14.2. The number of carbonyl (C=O) groups excluding carboxylic acids is 1. The Morgan fingerprint density at radius 3 is 2.71 bits per heavy atom. The number of carboxylic acid groups (broad SMARTS) is 1. The van der Waals surface area contributed by atoms with Crippen molar-refractivity contribution >= 4 is 46.1 Å². The van der Waals surface area contributed by atoms with Crippen molar-refractivity contribution in [3.63, 3.8) is 0 Å². The highest BCUT2D eigenvalue weighted by molar-refractivity contribution is 14.1. The van der Waals surface area contributed by atoms with E-state index < -0.39 is 11.9 Å². The van der Waals surface area contributed by atoms with Crippen LogP contribution in [0.2, 0.25) is 5.02 Å². The van der Waals surface area contributed by atoms with E-state index in [1.165, 1.54) is 6.92 Å². The van der Waals surface area contributed by atoms with Crippen LogP contribution in [0.1, 0.15) is 17.3 Å². The van der Waals surface area contributed by atoms with Crippen molar-refractivity contribution in [1.82, 2.24) is 5.32 Å². The molecule has 0 fully saturated rings. The van der Waals surface area contributed by atoms with Gasteiger partial charge in [0.05, 0.1) is 10.9 Å². The van der Waals surface area contributed by atoms with Crippen molar-refractivity contribution in [3.05, 3.63) is 32.4 Å². The number of rotatable bonds is 4. The van der Waals surface area contributed by atoms with Gasteiger partial charge in [0.1, 0.15) is 0 Å². The Morgan fingerprint density at radius 1 is 1.53 bits per heavy atom. The number of hydrogen-bond acceptors (Lipinski definition) is 2. The maximum Gasteiger partial charge on any atom is 0.308 e. The van der Waals surface area contributed by atoms with Crippen molar-refractivity contribution in [2.75, 3.05) is 6.54 Å². The lowest BCUT2D eigenvalue weighted by molar-refractivity contribution is -0.140. The van der Waals surface area contributed by atoms with E-state index in [4.69, 9.17) is 16.7 Å². The molecule has 1 rings (SSSR count). The molecule has 1 amide bonds. The summed E-state index contributed by atoms with van der Waals surface area (Å²) in [6, 6.07) is 4.94. The fourth-order valence-corrected chi connectivity index (χ4v) is 1.59. The molecule has 0 spiro atoms. The van der Waals surface area contributed by atoms with Crippen LogP contribution < -0.4 is 5.32 Å². The van der Waals surface area contributed by atoms with Crippen LogP contribution in [0.25, 0.3) is 0 Å². The Balaban J connectivity index is 2.64. The van der Waals surface area contributed by atoms with Gasteiger partial charge in [-0.05, 0) is 40.8 Å². The summed E-state index contributed by atoms with van der Waals surface area (Å²) in [5.41, 5.74) is 0.424. The summed E-state index contributed by atoms with van der Waals surface area (Å²) in [4.78, 5) is 22.2. The van der Waals surface area contributed by atoms with Gasteiger partial charge < -0.3 is 10.4 Å². The SMILES string of the molecule is CC(CNC(=O)c1ccc(I)c(Cl)c1)C(=O)O. The topological polar surface area (TPSA) is 66.4 Å². The number of hydrogen-bond donors (Lipinski definition) is 2. The number of nitrogens with one attached hydrogen (secondary N) is 1. The largest absolute Gasteiger partial charge is 0.481 e. The molecule has 0 saturated carbocycles. The smallest absolute Gasteiger partial charge is 0.308 e. The van der Waals surface area contributed by atoms with E-state index in [0.29, 0.717) is 10.6 Å². The van der Waals surface area contributed by atoms with Crippen LogP contribution in [0.15, 0.2) is 18.2 Å². The fourth-order valence-electron chi connectivity index (χ4n) is 1.07. The molecular formula is C11H11ClINO3. The third-order valence-corrected chi connectivity index (χ3v) is 3.74. The second-order valence-electron chi connectivity index (χ2n) is 3.58. The highest BCUT2D eigenvalue weighted by Gasteiger charge is 2.13. The normalized spacial score (nSPS) is 11.9. The van der Waals surface area contributed by atoms with Gasteiger partial charge in [0.2, 0.25) is 0 Å². The van der Waals surface area contributed by atoms with E-state index in [-0.39, 0.29) is 12.5 Å². The number of carbonyl (C=O) groups is 2. The molecule has 0 heterocycles. The van der Waals surface area contributed by atoms with E-state index in [1.54, 1.807) is 18.2 Å². The summed E-state index contributed by atoms with van der Waals surface area (Å²) in [6.45, 7) is 1.63. The quantitative estimate of drug-likeness (QED) is 0.803. The predicted molar refractivity (Wildman–Crippen MR) is 73.3 cm³/mol. The van der Waals surface area contributed by atoms with Gasteiger partial charge in [0.15, 0.2) is 0 Å². The molecule has 1 unspecified atom stereocenters. The Morgan fingerprint density at radius 2 is 2.18 bits per heavy atom. The molecule has 6 heteroatoms. The zero-order valence-electron chi connectivity index (χ0n) is 9.04. The van der Waals surface area contributed by atoms with Gasteiger partial charge in [-0.2, -0.15) is 0 Å². The Kier molecular flexibility index (Phi) is 5.20. The number of carboxylic acids is 1. The van der Waals surface area contributed by atoms with E-state index in [0.717, 1.165) is 3.57 Å². The molecule has 92 valence electrons. The van der Waals surface area contributed by atoms with Crippen molar-refractivity contribution in [1.29, 1.82) is 0 Å². The monoisotopic (exact) mass is 367 g/mol. The van der Waals surface area contributed by atoms with E-state index >= 15 is 0 Å². The van der Waals surface area contributed by atoms with E-state index in [2.05, 4.69) is 27.9 Å². The van der Waals surface area contributed by atoms with Gasteiger partial charge in [0, 0.05) is 15.7 Å². The summed E-state index contributed by atoms with van der Waals surface area (Å²) in [7, 11) is 0. The molecule has 0 aliphatic carbocycles. The van der Waals surface area contributed by atoms with Crippen LogP contribution >= 0.6 is 34.2 Å². The van der Waals surface area contributed by atoms with Crippen LogP contribution in [0, 0.1) is 9.49 Å². The zero-order valence-corrected chi connectivity index (χ0v) is 11.9. The lowest BCUT2D eigenvalue weighted by Crippen LogP contribution is -2.31. The number of halogens is 2. The van der Waals surface area contributed by atoms with E-state index in [9.17, 15) is 9.59 Å². The van der Waals surface area contributed by atoms with Gasteiger partial charge in [-0.3, -0.25) is 9.59 Å². The number of amides is 1. The molecule has 0 aliphatic heterocycles. The minimum Gasteiger partial charge on any atom is -0.481 e. The number of benzene rings is 1. The van der Waals surface area contributed by atoms with Gasteiger partial charge in [-0.15, -0.1) is 0 Å². The predicted octanol–water partition coefficient (Wildman–Crippen LogP) is 2.40. The average molecular weight is 368 g/mol. The second kappa shape index (κ2) is 6.20. The molecule has 1 atom stereocenters. The van der Waals surface area contributed by atoms with Gasteiger partial charge in [-0.1, -0.05) is 18.5 Å². The van der Waals surface area contributed by atoms with E-state index in [1.807, 2.05) is 0 Å². The first-order valence-corrected chi connectivity index (χ1v) is 6.33. The summed E-state index contributed by atoms with van der Waals surface area (Å²) in [5.74, 6) is -1.87. The molecule has 2 N–H and O–H groups in total. The van der Waals surface area contributed by atoms with Crippen molar-refractivity contribution in [3.8, 4) is 0 Å². The summed E-state index contributed by atoms with van der Waals surface area (Å²) >= 11 is 7.95. The zero-order chi connectivity index (χ0) is 13.0. The Hall–Kier alpha value is -0.820. The minimum atomic E-state index is -0.939. The fraction of sp³-hybridized carbons (Fsp3) is 0.273. The van der Waals surface area contributed by atoms with Crippen LogP contribution in [0.3, 0.4) is 0 Å². The molecule has 0 saturated heterocycles. The number of aliphatic carboxylic acids is 1. The van der Waals surface area contributed by atoms with Crippen LogP contribution in [0.4, 0.5) is 0 Å². The standard InChI is InChI=1S/C11H11ClINO3/c1-6(11(16)17)5-14-10(15)7-2-3-9(13)8(12)4-7/h2-4,6H,5H2,1H3,(H,14,15)(H,16,17). The lowest BCUT2D eigenvalue weighted by atomic mass is 10.1. The van der Waals surface area contributed by atoms with Gasteiger partial charge in [-0.25, -0.2) is 0 Å². The average Bonchev–Trinajstić information content (AvgIpc) is 2.28. The summed E-state index contributed by atoms with van der Waals surface area (Å²) < 4.78 is 0.861. The van der Waals surface area contributed by atoms with Crippen LogP contribution in [-0.4, -0.2) is 23.5 Å². The molecule has 0 radical (unpaired) electrons. The minimum absolute atomic E-state index is 0.0950. The molecule has 17 heavy (non-hydrogen) atoms. The Labute approximate surface area is 117 Å². The highest BCUT2D eigenvalue weighted by Crippen LogP contribution is 2.19. The van der Waals surface area contributed by atoms with Crippen molar-refractivity contribution in [2.24, 2.45) is 5.92 Å². The maximum absolute atomic E-state index is 11.7. The summed E-state index contributed by atoms with van der Waals surface area (Å²) in [6.07, 6.45) is 0. The molecule has 0 aliphatic rings. The van der Waals surface area contributed by atoms with Crippen LogP contribution in [0.5, 0.6) is 0 Å². The van der Waals surface area contributed by atoms with Crippen molar-refractivity contribution in [2.45, 2.75) is 6.92 Å².